The molecule has 1 saturated carbocycles. The molecule has 0 amide bonds. The zero-order valence-electron chi connectivity index (χ0n) is 8.46. The van der Waals surface area contributed by atoms with Gasteiger partial charge in [0.15, 0.2) is 0 Å². The Morgan fingerprint density at radius 2 is 2.23 bits per heavy atom. The SMILES string of the molecule is C=CC1CC1(C(=O)ON)C(C)(C)C. The zero-order valence-corrected chi connectivity index (χ0v) is 8.46. The molecule has 3 nitrogen and oxygen atoms in total. The first-order valence-electron chi connectivity index (χ1n) is 4.44. The molecule has 0 heterocycles. The van der Waals surface area contributed by atoms with Crippen LogP contribution in [0.2, 0.25) is 0 Å². The molecule has 2 atom stereocenters. The molecule has 13 heavy (non-hydrogen) atoms. The second kappa shape index (κ2) is 2.84. The molecule has 0 aromatic carbocycles. The van der Waals surface area contributed by atoms with E-state index in [9.17, 15) is 4.79 Å². The van der Waals surface area contributed by atoms with E-state index in [4.69, 9.17) is 5.90 Å². The lowest BCUT2D eigenvalue weighted by Gasteiger charge is -2.28. The molecule has 0 aromatic heterocycles. The molecule has 0 aromatic rings. The van der Waals surface area contributed by atoms with E-state index in [0.29, 0.717) is 0 Å². The molecular formula is C10H17NO2. The maximum Gasteiger partial charge on any atom is 0.331 e. The highest BCUT2D eigenvalue weighted by molar-refractivity contribution is 5.82. The molecule has 0 spiro atoms. The molecular weight excluding hydrogens is 166 g/mol. The van der Waals surface area contributed by atoms with E-state index in [1.165, 1.54) is 0 Å². The van der Waals surface area contributed by atoms with Crippen LogP contribution in [0.15, 0.2) is 12.7 Å². The van der Waals surface area contributed by atoms with Gasteiger partial charge >= 0.3 is 5.97 Å². The third-order valence-corrected chi connectivity index (χ3v) is 3.11. The Morgan fingerprint density at radius 3 is 2.46 bits per heavy atom. The van der Waals surface area contributed by atoms with Crippen LogP contribution in [-0.2, 0) is 9.63 Å². The molecule has 0 saturated heterocycles. The van der Waals surface area contributed by atoms with Crippen molar-refractivity contribution in [2.75, 3.05) is 0 Å². The van der Waals surface area contributed by atoms with Crippen molar-refractivity contribution in [2.45, 2.75) is 27.2 Å². The summed E-state index contributed by atoms with van der Waals surface area (Å²) in [5.74, 6) is 4.82. The highest BCUT2D eigenvalue weighted by Gasteiger charge is 2.66. The Bertz CT molecular complexity index is 242. The smallest absolute Gasteiger partial charge is 0.331 e. The molecule has 1 aliphatic rings. The van der Waals surface area contributed by atoms with Crippen LogP contribution in [0.4, 0.5) is 0 Å². The molecule has 1 aliphatic carbocycles. The number of nitrogens with two attached hydrogens (primary N) is 1. The average Bonchev–Trinajstić information content (AvgIpc) is 2.77. The van der Waals surface area contributed by atoms with E-state index >= 15 is 0 Å². The highest BCUT2D eigenvalue weighted by atomic mass is 16.7. The predicted octanol–water partition coefficient (Wildman–Crippen LogP) is 1.64. The lowest BCUT2D eigenvalue weighted by molar-refractivity contribution is -0.156. The summed E-state index contributed by atoms with van der Waals surface area (Å²) in [5, 5.41) is 0. The van der Waals surface area contributed by atoms with E-state index in [0.717, 1.165) is 6.42 Å². The summed E-state index contributed by atoms with van der Waals surface area (Å²) in [7, 11) is 0. The Labute approximate surface area is 78.9 Å². The molecule has 0 radical (unpaired) electrons. The third-order valence-electron chi connectivity index (χ3n) is 3.11. The van der Waals surface area contributed by atoms with Crippen molar-refractivity contribution in [2.24, 2.45) is 22.6 Å². The first kappa shape index (κ1) is 10.3. The van der Waals surface area contributed by atoms with Crippen molar-refractivity contribution in [3.05, 3.63) is 12.7 Å². The first-order chi connectivity index (χ1) is 5.90. The number of hydrogen-bond donors (Lipinski definition) is 1. The van der Waals surface area contributed by atoms with Crippen LogP contribution in [0.1, 0.15) is 27.2 Å². The van der Waals surface area contributed by atoms with Crippen molar-refractivity contribution < 1.29 is 9.63 Å². The van der Waals surface area contributed by atoms with E-state index < -0.39 is 5.41 Å². The Hall–Kier alpha value is -0.830. The summed E-state index contributed by atoms with van der Waals surface area (Å²) in [6, 6.07) is 0. The van der Waals surface area contributed by atoms with Crippen LogP contribution < -0.4 is 5.90 Å². The molecule has 0 bridgehead atoms. The van der Waals surface area contributed by atoms with Crippen molar-refractivity contribution in [1.29, 1.82) is 0 Å². The van der Waals surface area contributed by atoms with Crippen molar-refractivity contribution in [3.8, 4) is 0 Å². The van der Waals surface area contributed by atoms with Crippen molar-refractivity contribution in [1.82, 2.24) is 0 Å². The Balaban J connectivity index is 2.93. The van der Waals surface area contributed by atoms with Gasteiger partial charge < -0.3 is 4.84 Å². The summed E-state index contributed by atoms with van der Waals surface area (Å²) < 4.78 is 0. The van der Waals surface area contributed by atoms with Gasteiger partial charge in [0, 0.05) is 0 Å². The van der Waals surface area contributed by atoms with Crippen LogP contribution in [0, 0.1) is 16.7 Å². The average molecular weight is 183 g/mol. The monoisotopic (exact) mass is 183 g/mol. The predicted molar refractivity (Wildman–Crippen MR) is 50.5 cm³/mol. The standard InChI is InChI=1S/C10H17NO2/c1-5-7-6-10(7,8(12)13-11)9(2,3)4/h5,7H,1,6,11H2,2-4H3. The molecule has 0 aliphatic heterocycles. The van der Waals surface area contributed by atoms with E-state index in [1.54, 1.807) is 0 Å². The summed E-state index contributed by atoms with van der Waals surface area (Å²) in [6.45, 7) is 9.76. The van der Waals surface area contributed by atoms with E-state index in [-0.39, 0.29) is 17.3 Å². The maximum absolute atomic E-state index is 11.5. The zero-order chi connectivity index (χ0) is 10.3. The highest BCUT2D eigenvalue weighted by Crippen LogP contribution is 2.64. The van der Waals surface area contributed by atoms with Crippen LogP contribution in [0.5, 0.6) is 0 Å². The van der Waals surface area contributed by atoms with Gasteiger partial charge in [-0.3, -0.25) is 0 Å². The summed E-state index contributed by atoms with van der Waals surface area (Å²) in [4.78, 5) is 15.9. The van der Waals surface area contributed by atoms with Crippen LogP contribution in [-0.4, -0.2) is 5.97 Å². The van der Waals surface area contributed by atoms with Gasteiger partial charge in [-0.1, -0.05) is 26.8 Å². The van der Waals surface area contributed by atoms with Crippen LogP contribution in [0.3, 0.4) is 0 Å². The minimum Gasteiger partial charge on any atom is -0.373 e. The number of hydrogen-bond acceptors (Lipinski definition) is 3. The fraction of sp³-hybridized carbons (Fsp3) is 0.700. The first-order valence-corrected chi connectivity index (χ1v) is 4.44. The number of rotatable bonds is 2. The molecule has 2 unspecified atom stereocenters. The number of carbonyl (C=O) groups excluding carboxylic acids is 1. The lowest BCUT2D eigenvalue weighted by atomic mass is 9.76. The number of carbonyl (C=O) groups is 1. The van der Waals surface area contributed by atoms with Gasteiger partial charge in [0.1, 0.15) is 0 Å². The van der Waals surface area contributed by atoms with Crippen LogP contribution >= 0.6 is 0 Å². The normalized spacial score (nSPS) is 32.5. The van der Waals surface area contributed by atoms with Gasteiger partial charge in [-0.2, -0.15) is 5.90 Å². The summed E-state index contributed by atoms with van der Waals surface area (Å²) in [6.07, 6.45) is 2.61. The van der Waals surface area contributed by atoms with E-state index in [2.05, 4.69) is 11.4 Å². The minimum absolute atomic E-state index is 0.123. The number of allylic oxidation sites excluding steroid dienone is 1. The minimum atomic E-state index is -0.441. The molecule has 3 heteroatoms. The van der Waals surface area contributed by atoms with E-state index in [1.807, 2.05) is 26.8 Å². The quantitative estimate of drug-likeness (QED) is 0.523. The van der Waals surface area contributed by atoms with Crippen LogP contribution in [0.25, 0.3) is 0 Å². The molecule has 74 valence electrons. The lowest BCUT2D eigenvalue weighted by Crippen LogP contribution is -2.35. The second-order valence-electron chi connectivity index (χ2n) is 4.67. The topological polar surface area (TPSA) is 52.3 Å². The molecule has 2 N–H and O–H groups in total. The maximum atomic E-state index is 11.5. The van der Waals surface area contributed by atoms with Gasteiger partial charge in [-0.05, 0) is 17.8 Å². The van der Waals surface area contributed by atoms with Crippen molar-refractivity contribution in [3.63, 3.8) is 0 Å². The summed E-state index contributed by atoms with van der Waals surface area (Å²) >= 11 is 0. The van der Waals surface area contributed by atoms with Gasteiger partial charge in [0.05, 0.1) is 5.41 Å². The van der Waals surface area contributed by atoms with Gasteiger partial charge in [0.25, 0.3) is 0 Å². The Morgan fingerprint density at radius 1 is 1.69 bits per heavy atom. The van der Waals surface area contributed by atoms with Gasteiger partial charge in [-0.25, -0.2) is 4.79 Å². The second-order valence-corrected chi connectivity index (χ2v) is 4.67. The Kier molecular flexibility index (Phi) is 2.24. The molecule has 1 rings (SSSR count). The summed E-state index contributed by atoms with van der Waals surface area (Å²) in [5.41, 5.74) is -0.564. The molecule has 1 fully saturated rings. The third kappa shape index (κ3) is 1.27. The van der Waals surface area contributed by atoms with Crippen molar-refractivity contribution >= 4 is 5.97 Å². The fourth-order valence-corrected chi connectivity index (χ4v) is 2.08. The van der Waals surface area contributed by atoms with Gasteiger partial charge in [0.2, 0.25) is 0 Å². The largest absolute Gasteiger partial charge is 0.373 e. The van der Waals surface area contributed by atoms with Gasteiger partial charge in [-0.15, -0.1) is 6.58 Å². The fourth-order valence-electron chi connectivity index (χ4n) is 2.08.